The number of sulfone groups is 1. The molecule has 7 nitrogen and oxygen atoms in total. The molecule has 0 spiro atoms. The second kappa shape index (κ2) is 7.79. The molecule has 1 saturated heterocycles. The SMILES string of the molecule is CS(=O)(=O)N(CCc1ccccc1F)CC(=O)NC1CCS(=O)(=O)C1. The topological polar surface area (TPSA) is 101 Å². The summed E-state index contributed by atoms with van der Waals surface area (Å²) < 4.78 is 61.1. The van der Waals surface area contributed by atoms with E-state index in [0.29, 0.717) is 12.0 Å². The highest BCUT2D eigenvalue weighted by Crippen LogP contribution is 2.12. The maximum Gasteiger partial charge on any atom is 0.235 e. The standard InChI is InChI=1S/C15H21FN2O5S2/c1-24(20,21)18(8-6-12-4-2-3-5-14(12)16)10-15(19)17-13-7-9-25(22,23)11-13/h2-5,13H,6-11H2,1H3,(H,17,19). The zero-order valence-corrected chi connectivity index (χ0v) is 15.4. The summed E-state index contributed by atoms with van der Waals surface area (Å²) in [7, 11) is -6.80. The first-order valence-corrected chi connectivity index (χ1v) is 11.4. The smallest absolute Gasteiger partial charge is 0.235 e. The Hall–Kier alpha value is -1.52. The third-order valence-corrected chi connectivity index (χ3v) is 6.99. The van der Waals surface area contributed by atoms with Gasteiger partial charge in [-0.1, -0.05) is 18.2 Å². The van der Waals surface area contributed by atoms with Crippen molar-refractivity contribution in [1.29, 1.82) is 0 Å². The Bertz CT molecular complexity index is 839. The lowest BCUT2D eigenvalue weighted by molar-refractivity contribution is -0.121. The fraction of sp³-hybridized carbons (Fsp3) is 0.533. The number of halogens is 1. The molecule has 10 heteroatoms. The van der Waals surface area contributed by atoms with Crippen LogP contribution in [0.15, 0.2) is 24.3 Å². The number of rotatable bonds is 7. The monoisotopic (exact) mass is 392 g/mol. The van der Waals surface area contributed by atoms with Crippen LogP contribution >= 0.6 is 0 Å². The number of hydrogen-bond donors (Lipinski definition) is 1. The van der Waals surface area contributed by atoms with E-state index in [9.17, 15) is 26.0 Å². The van der Waals surface area contributed by atoms with Gasteiger partial charge in [-0.2, -0.15) is 4.31 Å². The van der Waals surface area contributed by atoms with Gasteiger partial charge in [-0.3, -0.25) is 4.79 Å². The summed E-state index contributed by atoms with van der Waals surface area (Å²) in [6, 6.07) is 5.53. The summed E-state index contributed by atoms with van der Waals surface area (Å²) in [5, 5.41) is 2.55. The maximum absolute atomic E-state index is 13.6. The molecule has 2 rings (SSSR count). The Morgan fingerprint density at radius 1 is 1.36 bits per heavy atom. The quantitative estimate of drug-likeness (QED) is 0.700. The molecular weight excluding hydrogens is 371 g/mol. The Labute approximate surface area is 147 Å². The third kappa shape index (κ3) is 6.05. The van der Waals surface area contributed by atoms with E-state index in [4.69, 9.17) is 0 Å². The lowest BCUT2D eigenvalue weighted by Crippen LogP contribution is -2.44. The van der Waals surface area contributed by atoms with Gasteiger partial charge in [0.2, 0.25) is 15.9 Å². The molecule has 0 aromatic heterocycles. The van der Waals surface area contributed by atoms with Crippen molar-refractivity contribution in [2.45, 2.75) is 18.9 Å². The number of nitrogens with one attached hydrogen (secondary N) is 1. The molecule has 0 saturated carbocycles. The lowest BCUT2D eigenvalue weighted by Gasteiger charge is -2.20. The van der Waals surface area contributed by atoms with Crippen LogP contribution in [0.3, 0.4) is 0 Å². The summed E-state index contributed by atoms with van der Waals surface area (Å²) in [5.74, 6) is -1.12. The zero-order chi connectivity index (χ0) is 18.7. The first-order chi connectivity index (χ1) is 11.6. The van der Waals surface area contributed by atoms with Crippen LogP contribution in [-0.2, 0) is 31.1 Å². The summed E-state index contributed by atoms with van der Waals surface area (Å²) in [6.07, 6.45) is 1.43. The molecule has 1 heterocycles. The Kier molecular flexibility index (Phi) is 6.17. The molecule has 1 N–H and O–H groups in total. The van der Waals surface area contributed by atoms with Crippen LogP contribution in [0.4, 0.5) is 4.39 Å². The van der Waals surface area contributed by atoms with Gasteiger partial charge in [0.1, 0.15) is 5.82 Å². The van der Waals surface area contributed by atoms with Crippen molar-refractivity contribution >= 4 is 25.8 Å². The van der Waals surface area contributed by atoms with E-state index in [1.165, 1.54) is 12.1 Å². The average molecular weight is 392 g/mol. The van der Waals surface area contributed by atoms with E-state index >= 15 is 0 Å². The van der Waals surface area contributed by atoms with Crippen LogP contribution in [0.25, 0.3) is 0 Å². The van der Waals surface area contributed by atoms with E-state index in [1.807, 2.05) is 0 Å². The van der Waals surface area contributed by atoms with E-state index < -0.39 is 44.2 Å². The second-order valence-corrected chi connectivity index (χ2v) is 10.3. The van der Waals surface area contributed by atoms with Crippen LogP contribution in [0.2, 0.25) is 0 Å². The van der Waals surface area contributed by atoms with Gasteiger partial charge in [0, 0.05) is 12.6 Å². The Morgan fingerprint density at radius 2 is 2.04 bits per heavy atom. The summed E-state index contributed by atoms with van der Waals surface area (Å²) in [4.78, 5) is 12.1. The van der Waals surface area contributed by atoms with Crippen molar-refractivity contribution in [3.8, 4) is 0 Å². The molecule has 140 valence electrons. The highest BCUT2D eigenvalue weighted by atomic mass is 32.2. The highest BCUT2D eigenvalue weighted by Gasteiger charge is 2.30. The first kappa shape index (κ1) is 19.8. The molecule has 0 radical (unpaired) electrons. The molecule has 1 aromatic carbocycles. The maximum atomic E-state index is 13.6. The van der Waals surface area contributed by atoms with E-state index in [2.05, 4.69) is 5.32 Å². The Morgan fingerprint density at radius 3 is 2.60 bits per heavy atom. The van der Waals surface area contributed by atoms with Gasteiger partial charge in [-0.15, -0.1) is 0 Å². The van der Waals surface area contributed by atoms with Crippen LogP contribution < -0.4 is 5.32 Å². The molecule has 25 heavy (non-hydrogen) atoms. The van der Waals surface area contributed by atoms with E-state index in [1.54, 1.807) is 12.1 Å². The molecule has 1 aromatic rings. The summed E-state index contributed by atoms with van der Waals surface area (Å²) in [5.41, 5.74) is 0.360. The average Bonchev–Trinajstić information content (AvgIpc) is 2.82. The van der Waals surface area contributed by atoms with Crippen LogP contribution in [0.5, 0.6) is 0 Å². The van der Waals surface area contributed by atoms with Crippen LogP contribution in [0.1, 0.15) is 12.0 Å². The van der Waals surface area contributed by atoms with Crippen molar-refractivity contribution in [1.82, 2.24) is 9.62 Å². The minimum atomic E-state index is -3.67. The molecule has 1 atom stereocenters. The molecule has 1 fully saturated rings. The predicted molar refractivity (Wildman–Crippen MR) is 91.7 cm³/mol. The van der Waals surface area contributed by atoms with Gasteiger partial charge in [0.05, 0.1) is 24.3 Å². The zero-order valence-electron chi connectivity index (χ0n) is 13.8. The van der Waals surface area contributed by atoms with Gasteiger partial charge in [0.15, 0.2) is 9.84 Å². The van der Waals surface area contributed by atoms with Crippen molar-refractivity contribution < 1.29 is 26.0 Å². The minimum Gasteiger partial charge on any atom is -0.351 e. The molecule has 1 unspecified atom stereocenters. The largest absolute Gasteiger partial charge is 0.351 e. The van der Waals surface area contributed by atoms with Crippen molar-refractivity contribution in [3.05, 3.63) is 35.6 Å². The van der Waals surface area contributed by atoms with Crippen molar-refractivity contribution in [2.75, 3.05) is 30.9 Å². The number of amides is 1. The number of carbonyl (C=O) groups is 1. The number of hydrogen-bond acceptors (Lipinski definition) is 5. The summed E-state index contributed by atoms with van der Waals surface area (Å²) >= 11 is 0. The number of benzene rings is 1. The summed E-state index contributed by atoms with van der Waals surface area (Å²) in [6.45, 7) is -0.472. The molecule has 1 amide bonds. The van der Waals surface area contributed by atoms with Crippen LogP contribution in [-0.4, -0.2) is 63.9 Å². The van der Waals surface area contributed by atoms with Crippen molar-refractivity contribution in [3.63, 3.8) is 0 Å². The molecule has 0 aliphatic carbocycles. The van der Waals surface area contributed by atoms with Crippen molar-refractivity contribution in [2.24, 2.45) is 0 Å². The fourth-order valence-electron chi connectivity index (χ4n) is 2.65. The molecular formula is C15H21FN2O5S2. The van der Waals surface area contributed by atoms with Gasteiger partial charge in [-0.25, -0.2) is 21.2 Å². The minimum absolute atomic E-state index is 0.0149. The molecule has 0 bridgehead atoms. The normalized spacial score (nSPS) is 19.9. The van der Waals surface area contributed by atoms with E-state index in [-0.39, 0.29) is 24.5 Å². The third-order valence-electron chi connectivity index (χ3n) is 3.97. The number of nitrogens with zero attached hydrogens (tertiary/aromatic N) is 1. The van der Waals surface area contributed by atoms with E-state index in [0.717, 1.165) is 10.6 Å². The molecule has 1 aliphatic rings. The number of sulfonamides is 1. The highest BCUT2D eigenvalue weighted by molar-refractivity contribution is 7.91. The molecule has 1 aliphatic heterocycles. The Balaban J connectivity index is 1.96. The van der Waals surface area contributed by atoms with Crippen LogP contribution in [0, 0.1) is 5.82 Å². The van der Waals surface area contributed by atoms with Gasteiger partial charge < -0.3 is 5.32 Å². The first-order valence-electron chi connectivity index (χ1n) is 7.75. The second-order valence-electron chi connectivity index (χ2n) is 6.11. The number of carbonyl (C=O) groups excluding carboxylic acids is 1. The van der Waals surface area contributed by atoms with Gasteiger partial charge in [-0.05, 0) is 24.5 Å². The predicted octanol–water partition coefficient (Wildman–Crippen LogP) is -0.0669. The van der Waals surface area contributed by atoms with Gasteiger partial charge >= 0.3 is 0 Å². The fourth-order valence-corrected chi connectivity index (χ4v) is 5.10. The van der Waals surface area contributed by atoms with Gasteiger partial charge in [0.25, 0.3) is 0 Å². The lowest BCUT2D eigenvalue weighted by atomic mass is 10.1.